The number of hydrogen-bond acceptors (Lipinski definition) is 2. The molecule has 0 aliphatic carbocycles. The highest BCUT2D eigenvalue weighted by Gasteiger charge is 2.23. The van der Waals surface area contributed by atoms with Crippen LogP contribution in [0.1, 0.15) is 25.5 Å². The molecule has 1 aliphatic heterocycles. The monoisotopic (exact) mass is 236 g/mol. The zero-order valence-electron chi connectivity index (χ0n) is 10.6. The third-order valence-electron chi connectivity index (χ3n) is 3.25. The molecule has 0 unspecified atom stereocenters. The molecule has 0 spiro atoms. The number of amides is 1. The van der Waals surface area contributed by atoms with E-state index < -0.39 is 0 Å². The van der Waals surface area contributed by atoms with E-state index in [1.807, 2.05) is 17.9 Å². The van der Waals surface area contributed by atoms with Crippen molar-refractivity contribution in [3.05, 3.63) is 24.0 Å². The van der Waals surface area contributed by atoms with Crippen LogP contribution in [0.5, 0.6) is 0 Å². The molecule has 0 aromatic carbocycles. The van der Waals surface area contributed by atoms with Crippen molar-refractivity contribution in [3.63, 3.8) is 0 Å². The van der Waals surface area contributed by atoms with Crippen LogP contribution in [0.2, 0.25) is 0 Å². The Balaban J connectivity index is 2.16. The molecule has 1 aliphatic rings. The number of carbonyl (C=O) groups is 1. The Morgan fingerprint density at radius 1 is 1.53 bits per heavy atom. The quantitative estimate of drug-likeness (QED) is 0.799. The van der Waals surface area contributed by atoms with Crippen molar-refractivity contribution in [2.45, 2.75) is 39.0 Å². The molecule has 1 atom stereocenters. The number of rotatable bonds is 3. The third-order valence-corrected chi connectivity index (χ3v) is 3.25. The van der Waals surface area contributed by atoms with E-state index in [9.17, 15) is 4.79 Å². The number of aromatic nitrogens is 1. The first-order chi connectivity index (χ1) is 8.24. The molecule has 0 N–H and O–H groups in total. The Hall–Kier alpha value is -1.29. The van der Waals surface area contributed by atoms with Crippen LogP contribution in [0.3, 0.4) is 0 Å². The fourth-order valence-electron chi connectivity index (χ4n) is 2.27. The number of methoxy groups -OCH3 is 1. The largest absolute Gasteiger partial charge is 0.378 e. The standard InChI is InChI=1S/C13H20N2O2/c1-3-5-13(16)15-8-11-6-4-7-14(11)9-12(10-15)17-2/h4,6-7,12H,3,5,8-10H2,1-2H3/t12-/m0/s1. The van der Waals surface area contributed by atoms with Crippen LogP contribution in [0.15, 0.2) is 18.3 Å². The molecule has 0 radical (unpaired) electrons. The number of nitrogens with zero attached hydrogens (tertiary/aromatic N) is 2. The Bertz CT molecular complexity index is 387. The maximum Gasteiger partial charge on any atom is 0.222 e. The fraction of sp³-hybridized carbons (Fsp3) is 0.615. The normalized spacial score (nSPS) is 19.9. The Labute approximate surface area is 102 Å². The summed E-state index contributed by atoms with van der Waals surface area (Å²) in [5, 5.41) is 0. The molecule has 0 fully saturated rings. The van der Waals surface area contributed by atoms with Crippen LogP contribution < -0.4 is 0 Å². The molecule has 4 heteroatoms. The second-order valence-corrected chi connectivity index (χ2v) is 4.53. The summed E-state index contributed by atoms with van der Waals surface area (Å²) in [6.07, 6.45) is 3.66. The first-order valence-corrected chi connectivity index (χ1v) is 6.19. The molecule has 2 rings (SSSR count). The van der Waals surface area contributed by atoms with Crippen molar-refractivity contribution in [1.82, 2.24) is 9.47 Å². The van der Waals surface area contributed by atoms with Gasteiger partial charge in [0, 0.05) is 32.0 Å². The summed E-state index contributed by atoms with van der Waals surface area (Å²) in [6.45, 7) is 4.25. The predicted octanol–water partition coefficient (Wildman–Crippen LogP) is 1.65. The molecule has 1 aromatic rings. The van der Waals surface area contributed by atoms with Crippen LogP contribution in [0.25, 0.3) is 0 Å². The topological polar surface area (TPSA) is 34.5 Å². The number of carbonyl (C=O) groups excluding carboxylic acids is 1. The van der Waals surface area contributed by atoms with E-state index in [1.54, 1.807) is 7.11 Å². The molecule has 4 nitrogen and oxygen atoms in total. The van der Waals surface area contributed by atoms with E-state index in [0.717, 1.165) is 13.0 Å². The van der Waals surface area contributed by atoms with E-state index >= 15 is 0 Å². The Morgan fingerprint density at radius 2 is 2.35 bits per heavy atom. The zero-order chi connectivity index (χ0) is 12.3. The van der Waals surface area contributed by atoms with Gasteiger partial charge in [-0.25, -0.2) is 0 Å². The minimum atomic E-state index is 0.0875. The third kappa shape index (κ3) is 2.69. The molecule has 0 saturated carbocycles. The van der Waals surface area contributed by atoms with Gasteiger partial charge in [0.1, 0.15) is 0 Å². The summed E-state index contributed by atoms with van der Waals surface area (Å²) in [5.41, 5.74) is 1.19. The number of ether oxygens (including phenoxy) is 1. The van der Waals surface area contributed by atoms with Gasteiger partial charge in [0.15, 0.2) is 0 Å². The highest BCUT2D eigenvalue weighted by Crippen LogP contribution is 2.16. The average molecular weight is 236 g/mol. The molecule has 0 saturated heterocycles. The van der Waals surface area contributed by atoms with Gasteiger partial charge in [0.2, 0.25) is 5.91 Å². The SMILES string of the molecule is CCCC(=O)N1Cc2cccn2C[C@H](OC)C1. The van der Waals surface area contributed by atoms with Gasteiger partial charge in [-0.05, 0) is 18.6 Å². The van der Waals surface area contributed by atoms with Gasteiger partial charge < -0.3 is 14.2 Å². The molecule has 2 heterocycles. The number of fused-ring (bicyclic) bond motifs is 1. The highest BCUT2D eigenvalue weighted by atomic mass is 16.5. The van der Waals surface area contributed by atoms with Crippen LogP contribution in [0, 0.1) is 0 Å². The van der Waals surface area contributed by atoms with E-state index in [0.29, 0.717) is 19.5 Å². The molecule has 0 bridgehead atoms. The van der Waals surface area contributed by atoms with Gasteiger partial charge in [0.05, 0.1) is 19.2 Å². The van der Waals surface area contributed by atoms with E-state index in [1.165, 1.54) is 5.69 Å². The van der Waals surface area contributed by atoms with Gasteiger partial charge in [-0.15, -0.1) is 0 Å². The van der Waals surface area contributed by atoms with Crippen molar-refractivity contribution in [3.8, 4) is 0 Å². The Kier molecular flexibility index (Phi) is 3.84. The second kappa shape index (κ2) is 5.36. The van der Waals surface area contributed by atoms with E-state index in [2.05, 4.69) is 16.8 Å². The minimum Gasteiger partial charge on any atom is -0.378 e. The lowest BCUT2D eigenvalue weighted by atomic mass is 10.2. The van der Waals surface area contributed by atoms with Crippen LogP contribution >= 0.6 is 0 Å². The van der Waals surface area contributed by atoms with Crippen molar-refractivity contribution in [2.24, 2.45) is 0 Å². The Morgan fingerprint density at radius 3 is 3.06 bits per heavy atom. The maximum atomic E-state index is 12.0. The zero-order valence-corrected chi connectivity index (χ0v) is 10.6. The lowest BCUT2D eigenvalue weighted by Crippen LogP contribution is -2.36. The molecular weight excluding hydrogens is 216 g/mol. The van der Waals surface area contributed by atoms with E-state index in [-0.39, 0.29) is 12.0 Å². The van der Waals surface area contributed by atoms with Gasteiger partial charge in [0.25, 0.3) is 0 Å². The van der Waals surface area contributed by atoms with Gasteiger partial charge in [-0.3, -0.25) is 4.79 Å². The van der Waals surface area contributed by atoms with Crippen molar-refractivity contribution in [2.75, 3.05) is 13.7 Å². The molecule has 1 aromatic heterocycles. The lowest BCUT2D eigenvalue weighted by molar-refractivity contribution is -0.133. The van der Waals surface area contributed by atoms with Gasteiger partial charge >= 0.3 is 0 Å². The molecule has 94 valence electrons. The first-order valence-electron chi connectivity index (χ1n) is 6.19. The number of hydrogen-bond donors (Lipinski definition) is 0. The summed E-state index contributed by atoms with van der Waals surface area (Å²) >= 11 is 0. The minimum absolute atomic E-state index is 0.0875. The lowest BCUT2D eigenvalue weighted by Gasteiger charge is -2.23. The molecular formula is C13H20N2O2. The first kappa shape index (κ1) is 12.2. The smallest absolute Gasteiger partial charge is 0.222 e. The van der Waals surface area contributed by atoms with Crippen molar-refractivity contribution >= 4 is 5.91 Å². The maximum absolute atomic E-state index is 12.0. The summed E-state index contributed by atoms with van der Waals surface area (Å²) in [6, 6.07) is 4.10. The summed E-state index contributed by atoms with van der Waals surface area (Å²) in [5.74, 6) is 0.226. The highest BCUT2D eigenvalue weighted by molar-refractivity contribution is 5.76. The van der Waals surface area contributed by atoms with E-state index in [4.69, 9.17) is 4.74 Å². The molecule has 17 heavy (non-hydrogen) atoms. The predicted molar refractivity (Wildman–Crippen MR) is 65.6 cm³/mol. The van der Waals surface area contributed by atoms with Crippen LogP contribution in [-0.4, -0.2) is 35.1 Å². The fourth-order valence-corrected chi connectivity index (χ4v) is 2.27. The summed E-state index contributed by atoms with van der Waals surface area (Å²) in [7, 11) is 1.71. The summed E-state index contributed by atoms with van der Waals surface area (Å²) in [4.78, 5) is 13.9. The van der Waals surface area contributed by atoms with Crippen LogP contribution in [0.4, 0.5) is 0 Å². The van der Waals surface area contributed by atoms with Crippen molar-refractivity contribution in [1.29, 1.82) is 0 Å². The average Bonchev–Trinajstić information content (AvgIpc) is 2.67. The van der Waals surface area contributed by atoms with Crippen molar-refractivity contribution < 1.29 is 9.53 Å². The van der Waals surface area contributed by atoms with Gasteiger partial charge in [-0.1, -0.05) is 6.92 Å². The van der Waals surface area contributed by atoms with Crippen LogP contribution in [-0.2, 0) is 22.6 Å². The second-order valence-electron chi connectivity index (χ2n) is 4.53. The summed E-state index contributed by atoms with van der Waals surface area (Å²) < 4.78 is 7.62. The molecule has 1 amide bonds. The van der Waals surface area contributed by atoms with Gasteiger partial charge in [-0.2, -0.15) is 0 Å².